The van der Waals surface area contributed by atoms with E-state index in [1.807, 2.05) is 27.7 Å². The molecule has 0 aromatic rings. The Kier molecular flexibility index (Phi) is 7.99. The zero-order valence-electron chi connectivity index (χ0n) is 14.7. The lowest BCUT2D eigenvalue weighted by Gasteiger charge is -2.37. The van der Waals surface area contributed by atoms with Crippen molar-refractivity contribution in [2.45, 2.75) is 73.8 Å². The van der Waals surface area contributed by atoms with Gasteiger partial charge in [-0.25, -0.2) is 0 Å². The summed E-state index contributed by atoms with van der Waals surface area (Å²) in [5.41, 5.74) is 2.77. The van der Waals surface area contributed by atoms with Crippen molar-refractivity contribution in [2.24, 2.45) is 10.8 Å². The first-order chi connectivity index (χ1) is 9.59. The van der Waals surface area contributed by atoms with Crippen LogP contribution in [0.15, 0.2) is 17.4 Å². The molecule has 3 heteroatoms. The second-order valence-corrected chi connectivity index (χ2v) is 6.94. The Morgan fingerprint density at radius 1 is 1.29 bits per heavy atom. The SMILES string of the molecule is CCCCC(C)=C=CC(C)(C(=O)OCC)C(O)C(C)(C)C. The minimum absolute atomic E-state index is 0.303. The van der Waals surface area contributed by atoms with Crippen LogP contribution >= 0.6 is 0 Å². The molecule has 122 valence electrons. The second-order valence-electron chi connectivity index (χ2n) is 6.94. The second kappa shape index (κ2) is 8.41. The monoisotopic (exact) mass is 296 g/mol. The molecule has 0 saturated carbocycles. The third-order valence-electron chi connectivity index (χ3n) is 3.63. The molecule has 0 aromatic heterocycles. The summed E-state index contributed by atoms with van der Waals surface area (Å²) in [5, 5.41) is 10.6. The predicted molar refractivity (Wildman–Crippen MR) is 87.0 cm³/mol. The van der Waals surface area contributed by atoms with Crippen molar-refractivity contribution >= 4 is 5.97 Å². The highest BCUT2D eigenvalue weighted by Crippen LogP contribution is 2.36. The number of hydrogen-bond acceptors (Lipinski definition) is 3. The molecule has 0 heterocycles. The molecule has 0 aliphatic rings. The van der Waals surface area contributed by atoms with Gasteiger partial charge in [0.15, 0.2) is 0 Å². The van der Waals surface area contributed by atoms with Crippen LogP contribution in [0.4, 0.5) is 0 Å². The highest BCUT2D eigenvalue weighted by atomic mass is 16.5. The molecule has 3 nitrogen and oxygen atoms in total. The van der Waals surface area contributed by atoms with E-state index in [9.17, 15) is 9.90 Å². The van der Waals surface area contributed by atoms with Crippen molar-refractivity contribution in [3.63, 3.8) is 0 Å². The van der Waals surface area contributed by atoms with E-state index in [0.29, 0.717) is 6.61 Å². The fourth-order valence-corrected chi connectivity index (χ4v) is 2.22. The van der Waals surface area contributed by atoms with Gasteiger partial charge in [-0.05, 0) is 50.7 Å². The lowest BCUT2D eigenvalue weighted by atomic mass is 9.71. The molecule has 0 bridgehead atoms. The van der Waals surface area contributed by atoms with Crippen LogP contribution in [0.3, 0.4) is 0 Å². The van der Waals surface area contributed by atoms with Gasteiger partial charge >= 0.3 is 5.97 Å². The Morgan fingerprint density at radius 2 is 1.86 bits per heavy atom. The van der Waals surface area contributed by atoms with E-state index in [1.165, 1.54) is 0 Å². The van der Waals surface area contributed by atoms with Crippen LogP contribution in [0.1, 0.15) is 67.7 Å². The largest absolute Gasteiger partial charge is 0.465 e. The maximum Gasteiger partial charge on any atom is 0.318 e. The smallest absolute Gasteiger partial charge is 0.318 e. The number of carbonyl (C=O) groups excluding carboxylic acids is 1. The zero-order valence-corrected chi connectivity index (χ0v) is 14.7. The Labute approximate surface area is 130 Å². The van der Waals surface area contributed by atoms with E-state index in [1.54, 1.807) is 19.9 Å². The predicted octanol–water partition coefficient (Wildman–Crippen LogP) is 4.25. The van der Waals surface area contributed by atoms with E-state index in [2.05, 4.69) is 12.7 Å². The van der Waals surface area contributed by atoms with Crippen molar-refractivity contribution in [1.82, 2.24) is 0 Å². The minimum atomic E-state index is -1.08. The lowest BCUT2D eigenvalue weighted by Crippen LogP contribution is -2.46. The average Bonchev–Trinajstić information content (AvgIpc) is 2.40. The molecule has 2 unspecified atom stereocenters. The summed E-state index contributed by atoms with van der Waals surface area (Å²) in [6.45, 7) is 13.7. The number of esters is 1. The normalized spacial score (nSPS) is 15.6. The molecule has 0 saturated heterocycles. The van der Waals surface area contributed by atoms with Crippen LogP contribution in [0, 0.1) is 10.8 Å². The summed E-state index contributed by atoms with van der Waals surface area (Å²) < 4.78 is 5.16. The molecule has 0 amide bonds. The van der Waals surface area contributed by atoms with Crippen LogP contribution in [-0.4, -0.2) is 23.8 Å². The molecule has 0 aromatic carbocycles. The summed E-state index contributed by atoms with van der Waals surface area (Å²) in [4.78, 5) is 12.3. The van der Waals surface area contributed by atoms with Gasteiger partial charge in [-0.2, -0.15) is 0 Å². The summed E-state index contributed by atoms with van der Waals surface area (Å²) in [7, 11) is 0. The van der Waals surface area contributed by atoms with Gasteiger partial charge in [0.2, 0.25) is 0 Å². The van der Waals surface area contributed by atoms with E-state index in [0.717, 1.165) is 24.8 Å². The van der Waals surface area contributed by atoms with Gasteiger partial charge in [-0.15, -0.1) is 5.73 Å². The van der Waals surface area contributed by atoms with Gasteiger partial charge in [0, 0.05) is 0 Å². The molecular weight excluding hydrogens is 264 g/mol. The third-order valence-corrected chi connectivity index (χ3v) is 3.63. The number of carbonyl (C=O) groups is 1. The van der Waals surface area contributed by atoms with Gasteiger partial charge in [-0.1, -0.05) is 34.1 Å². The topological polar surface area (TPSA) is 46.5 Å². The van der Waals surface area contributed by atoms with Crippen LogP contribution in [0.5, 0.6) is 0 Å². The van der Waals surface area contributed by atoms with Crippen LogP contribution < -0.4 is 0 Å². The van der Waals surface area contributed by atoms with E-state index in [4.69, 9.17) is 4.74 Å². The number of rotatable bonds is 7. The highest BCUT2D eigenvalue weighted by Gasteiger charge is 2.45. The molecule has 1 N–H and O–H groups in total. The number of hydrogen-bond donors (Lipinski definition) is 1. The first-order valence-electron chi connectivity index (χ1n) is 7.88. The quantitative estimate of drug-likeness (QED) is 0.564. The number of unbranched alkanes of at least 4 members (excludes halogenated alkanes) is 1. The van der Waals surface area contributed by atoms with Crippen molar-refractivity contribution in [3.05, 3.63) is 17.4 Å². The molecule has 0 fully saturated rings. The van der Waals surface area contributed by atoms with Crippen LogP contribution in [0.25, 0.3) is 0 Å². The van der Waals surface area contributed by atoms with E-state index in [-0.39, 0.29) is 0 Å². The zero-order chi connectivity index (χ0) is 16.7. The van der Waals surface area contributed by atoms with Gasteiger partial charge < -0.3 is 9.84 Å². The molecule has 2 atom stereocenters. The average molecular weight is 296 g/mol. The fraction of sp³-hybridized carbons (Fsp3) is 0.778. The number of aliphatic hydroxyl groups excluding tert-OH is 1. The maximum atomic E-state index is 12.3. The molecule has 0 radical (unpaired) electrons. The molecule has 0 spiro atoms. The van der Waals surface area contributed by atoms with Gasteiger partial charge in [0.1, 0.15) is 5.41 Å². The molecule has 0 aliphatic heterocycles. The van der Waals surface area contributed by atoms with Gasteiger partial charge in [0.25, 0.3) is 0 Å². The standard InChI is InChI=1S/C18H32O3/c1-8-10-11-14(3)12-13-18(7,16(20)21-9-2)15(19)17(4,5)6/h13,15,19H,8-11H2,1-7H3. The fourth-order valence-electron chi connectivity index (χ4n) is 2.22. The molecule has 21 heavy (non-hydrogen) atoms. The van der Waals surface area contributed by atoms with Crippen molar-refractivity contribution in [1.29, 1.82) is 0 Å². The first-order valence-corrected chi connectivity index (χ1v) is 7.88. The summed E-state index contributed by atoms with van der Waals surface area (Å²) in [6.07, 6.45) is 4.03. The van der Waals surface area contributed by atoms with Crippen LogP contribution in [-0.2, 0) is 9.53 Å². The van der Waals surface area contributed by atoms with Gasteiger partial charge in [0.05, 0.1) is 12.7 Å². The highest BCUT2D eigenvalue weighted by molar-refractivity contribution is 5.79. The Morgan fingerprint density at radius 3 is 2.29 bits per heavy atom. The number of ether oxygens (including phenoxy) is 1. The first kappa shape index (κ1) is 19.9. The minimum Gasteiger partial charge on any atom is -0.465 e. The summed E-state index contributed by atoms with van der Waals surface area (Å²) in [5.74, 6) is -0.400. The van der Waals surface area contributed by atoms with Crippen molar-refractivity contribution < 1.29 is 14.6 Å². The van der Waals surface area contributed by atoms with Crippen LogP contribution in [0.2, 0.25) is 0 Å². The third kappa shape index (κ3) is 6.07. The lowest BCUT2D eigenvalue weighted by molar-refractivity contribution is -0.161. The van der Waals surface area contributed by atoms with E-state index >= 15 is 0 Å². The van der Waals surface area contributed by atoms with Crippen molar-refractivity contribution in [2.75, 3.05) is 6.61 Å². The summed E-state index contributed by atoms with van der Waals surface area (Å²) >= 11 is 0. The van der Waals surface area contributed by atoms with E-state index < -0.39 is 22.9 Å². The molecule has 0 aliphatic carbocycles. The number of aliphatic hydroxyl groups is 1. The Balaban J connectivity index is 5.53. The Hall–Kier alpha value is -1.05. The Bertz CT molecular complexity index is 397. The van der Waals surface area contributed by atoms with Gasteiger partial charge in [-0.3, -0.25) is 4.79 Å². The maximum absolute atomic E-state index is 12.3. The summed E-state index contributed by atoms with van der Waals surface area (Å²) in [6, 6.07) is 0. The van der Waals surface area contributed by atoms with Crippen molar-refractivity contribution in [3.8, 4) is 0 Å². The molecular formula is C18H32O3. The molecule has 0 rings (SSSR count).